The summed E-state index contributed by atoms with van der Waals surface area (Å²) in [6.45, 7) is 4.12. The lowest BCUT2D eigenvalue weighted by atomic mass is 10.2. The Kier molecular flexibility index (Phi) is 4.53. The summed E-state index contributed by atoms with van der Waals surface area (Å²) < 4.78 is 24.4. The van der Waals surface area contributed by atoms with Gasteiger partial charge in [-0.15, -0.1) is 0 Å². The lowest BCUT2D eigenvalue weighted by Crippen LogP contribution is -2.15. The van der Waals surface area contributed by atoms with Crippen LogP contribution < -0.4 is 10.5 Å². The van der Waals surface area contributed by atoms with Gasteiger partial charge in [-0.3, -0.25) is 4.68 Å². The van der Waals surface area contributed by atoms with Gasteiger partial charge in [0.15, 0.2) is 0 Å². The van der Waals surface area contributed by atoms with Crippen LogP contribution in [0.4, 0.5) is 0 Å². The van der Waals surface area contributed by atoms with Gasteiger partial charge in [0.1, 0.15) is 0 Å². The number of aryl methyl sites for hydroxylation is 1. The fourth-order valence-electron chi connectivity index (χ4n) is 1.85. The molecule has 7 heteroatoms. The summed E-state index contributed by atoms with van der Waals surface area (Å²) in [5.41, 5.74) is 1.97. The number of benzene rings is 1. The molecule has 0 radical (unpaired) electrons. The second-order valence-corrected chi connectivity index (χ2v) is 6.06. The minimum absolute atomic E-state index is 0.135. The number of sulfonamides is 1. The van der Waals surface area contributed by atoms with Crippen molar-refractivity contribution < 1.29 is 8.42 Å². The monoisotopic (exact) mass is 294 g/mol. The van der Waals surface area contributed by atoms with Gasteiger partial charge in [0.05, 0.1) is 11.1 Å². The zero-order chi connectivity index (χ0) is 14.6. The fraction of sp³-hybridized carbons (Fsp3) is 0.308. The van der Waals surface area contributed by atoms with Crippen LogP contribution in [0, 0.1) is 0 Å². The van der Waals surface area contributed by atoms with E-state index < -0.39 is 10.0 Å². The Balaban J connectivity index is 1.94. The lowest BCUT2D eigenvalue weighted by molar-refractivity contribution is 0.597. The van der Waals surface area contributed by atoms with Crippen LogP contribution in [0.1, 0.15) is 18.1 Å². The van der Waals surface area contributed by atoms with E-state index in [1.54, 1.807) is 12.1 Å². The molecule has 0 aliphatic rings. The van der Waals surface area contributed by atoms with Crippen LogP contribution in [0.15, 0.2) is 41.6 Å². The summed E-state index contributed by atoms with van der Waals surface area (Å²) in [5, 5.41) is 12.5. The summed E-state index contributed by atoms with van der Waals surface area (Å²) in [5.74, 6) is 0. The first-order chi connectivity index (χ1) is 9.49. The molecule has 0 unspecified atom stereocenters. The molecule has 0 fully saturated rings. The van der Waals surface area contributed by atoms with Crippen molar-refractivity contribution in [3.63, 3.8) is 0 Å². The molecule has 2 rings (SSSR count). The molecule has 0 bridgehead atoms. The highest BCUT2D eigenvalue weighted by Crippen LogP contribution is 2.09. The molecule has 0 atom stereocenters. The topological polar surface area (TPSA) is 90.0 Å². The van der Waals surface area contributed by atoms with Crippen LogP contribution >= 0.6 is 0 Å². The van der Waals surface area contributed by atoms with Crippen molar-refractivity contribution in [2.75, 3.05) is 0 Å². The zero-order valence-corrected chi connectivity index (χ0v) is 12.1. The summed E-state index contributed by atoms with van der Waals surface area (Å²) in [7, 11) is -3.64. The number of aromatic nitrogens is 2. The lowest BCUT2D eigenvalue weighted by Gasteiger charge is -2.05. The maximum atomic E-state index is 11.3. The first-order valence-electron chi connectivity index (χ1n) is 6.33. The predicted molar refractivity (Wildman–Crippen MR) is 76.3 cm³/mol. The molecule has 0 aliphatic carbocycles. The largest absolute Gasteiger partial charge is 0.309 e. The Morgan fingerprint density at radius 3 is 2.70 bits per heavy atom. The van der Waals surface area contributed by atoms with Crippen LogP contribution in [-0.2, 0) is 29.7 Å². The quantitative estimate of drug-likeness (QED) is 0.826. The summed E-state index contributed by atoms with van der Waals surface area (Å²) in [6, 6.07) is 6.62. The van der Waals surface area contributed by atoms with Gasteiger partial charge in [0.2, 0.25) is 10.0 Å². The van der Waals surface area contributed by atoms with Crippen molar-refractivity contribution in [2.24, 2.45) is 5.14 Å². The van der Waals surface area contributed by atoms with Crippen LogP contribution in [0.5, 0.6) is 0 Å². The third kappa shape index (κ3) is 3.89. The minimum Gasteiger partial charge on any atom is -0.309 e. The molecule has 0 spiro atoms. The second-order valence-electron chi connectivity index (χ2n) is 4.50. The van der Waals surface area contributed by atoms with E-state index >= 15 is 0 Å². The van der Waals surface area contributed by atoms with E-state index in [-0.39, 0.29) is 4.90 Å². The van der Waals surface area contributed by atoms with Crippen molar-refractivity contribution in [2.45, 2.75) is 31.5 Å². The zero-order valence-electron chi connectivity index (χ0n) is 11.3. The molecule has 2 aromatic rings. The van der Waals surface area contributed by atoms with Crippen LogP contribution in [0.2, 0.25) is 0 Å². The Morgan fingerprint density at radius 2 is 2.05 bits per heavy atom. The van der Waals surface area contributed by atoms with Gasteiger partial charge in [-0.05, 0) is 24.6 Å². The molecule has 6 nitrogen and oxygen atoms in total. The molecular formula is C13H18N4O2S. The Labute approximate surface area is 118 Å². The molecular weight excluding hydrogens is 276 g/mol. The van der Waals surface area contributed by atoms with Gasteiger partial charge in [-0.1, -0.05) is 12.1 Å². The molecule has 1 heterocycles. The average molecular weight is 294 g/mol. The first kappa shape index (κ1) is 14.7. The van der Waals surface area contributed by atoms with Crippen molar-refractivity contribution in [1.29, 1.82) is 0 Å². The molecule has 1 aromatic carbocycles. The number of hydrogen-bond acceptors (Lipinski definition) is 4. The van der Waals surface area contributed by atoms with E-state index in [4.69, 9.17) is 5.14 Å². The van der Waals surface area contributed by atoms with Crippen molar-refractivity contribution >= 4 is 10.0 Å². The van der Waals surface area contributed by atoms with Crippen molar-refractivity contribution in [1.82, 2.24) is 15.1 Å². The number of hydrogen-bond donors (Lipinski definition) is 2. The molecule has 3 N–H and O–H groups in total. The van der Waals surface area contributed by atoms with Crippen molar-refractivity contribution in [3.05, 3.63) is 47.8 Å². The average Bonchev–Trinajstić information content (AvgIpc) is 2.86. The summed E-state index contributed by atoms with van der Waals surface area (Å²) in [4.78, 5) is 0.135. The third-order valence-corrected chi connectivity index (χ3v) is 3.81. The predicted octanol–water partition coefficient (Wildman–Crippen LogP) is 0.840. The summed E-state index contributed by atoms with van der Waals surface area (Å²) in [6.07, 6.45) is 3.80. The van der Waals surface area contributed by atoms with Gasteiger partial charge < -0.3 is 5.32 Å². The number of nitrogens with two attached hydrogens (primary N) is 1. The van der Waals surface area contributed by atoms with Gasteiger partial charge in [-0.25, -0.2) is 13.6 Å². The maximum absolute atomic E-state index is 11.3. The normalized spacial score (nSPS) is 11.7. The smallest absolute Gasteiger partial charge is 0.238 e. The first-order valence-corrected chi connectivity index (χ1v) is 7.87. The highest BCUT2D eigenvalue weighted by Gasteiger charge is 2.07. The Morgan fingerprint density at radius 1 is 1.30 bits per heavy atom. The number of nitrogens with zero attached hydrogens (tertiary/aromatic N) is 2. The van der Waals surface area contributed by atoms with Gasteiger partial charge in [-0.2, -0.15) is 5.10 Å². The van der Waals surface area contributed by atoms with E-state index in [0.717, 1.165) is 17.7 Å². The van der Waals surface area contributed by atoms with E-state index in [1.807, 2.05) is 30.1 Å². The molecule has 0 saturated carbocycles. The number of nitrogens with one attached hydrogen (secondary N) is 1. The van der Waals surface area contributed by atoms with Crippen LogP contribution in [0.3, 0.4) is 0 Å². The molecule has 20 heavy (non-hydrogen) atoms. The highest BCUT2D eigenvalue weighted by atomic mass is 32.2. The van der Waals surface area contributed by atoms with E-state index in [0.29, 0.717) is 13.1 Å². The Bertz CT molecular complexity index is 679. The molecule has 1 aromatic heterocycles. The van der Waals surface area contributed by atoms with Gasteiger partial charge >= 0.3 is 0 Å². The Hall–Kier alpha value is -1.70. The second kappa shape index (κ2) is 6.17. The molecule has 0 saturated heterocycles. The maximum Gasteiger partial charge on any atom is 0.238 e. The number of rotatable bonds is 6. The minimum atomic E-state index is -3.64. The number of primary sulfonamides is 1. The van der Waals surface area contributed by atoms with Crippen molar-refractivity contribution in [3.8, 4) is 0 Å². The molecule has 108 valence electrons. The van der Waals surface area contributed by atoms with Gasteiger partial charge in [0, 0.05) is 31.4 Å². The fourth-order valence-corrected chi connectivity index (χ4v) is 2.44. The third-order valence-electron chi connectivity index (χ3n) is 2.90. The highest BCUT2D eigenvalue weighted by molar-refractivity contribution is 7.89. The van der Waals surface area contributed by atoms with E-state index in [9.17, 15) is 8.42 Å². The standard InChI is InChI=1S/C13H18N4O2S/c1-2-17-10-12(9-16-17)8-15-7-11-4-3-5-13(6-11)20(14,18)19/h3-6,9-10,15H,2,7-8H2,1H3,(H2,14,18,19). The van der Waals surface area contributed by atoms with E-state index in [1.165, 1.54) is 6.07 Å². The van der Waals surface area contributed by atoms with E-state index in [2.05, 4.69) is 10.4 Å². The molecule has 0 aliphatic heterocycles. The molecule has 0 amide bonds. The van der Waals surface area contributed by atoms with Crippen LogP contribution in [0.25, 0.3) is 0 Å². The van der Waals surface area contributed by atoms with Crippen LogP contribution in [-0.4, -0.2) is 18.2 Å². The summed E-state index contributed by atoms with van der Waals surface area (Å²) >= 11 is 0. The van der Waals surface area contributed by atoms with Gasteiger partial charge in [0.25, 0.3) is 0 Å². The SMILES string of the molecule is CCn1cc(CNCc2cccc(S(N)(=O)=O)c2)cn1.